The summed E-state index contributed by atoms with van der Waals surface area (Å²) in [5, 5.41) is 8.07. The van der Waals surface area contributed by atoms with Crippen molar-refractivity contribution in [1.29, 1.82) is 0 Å². The molecule has 0 aromatic rings. The van der Waals surface area contributed by atoms with Gasteiger partial charge in [-0.05, 0) is 6.42 Å². The highest BCUT2D eigenvalue weighted by Gasteiger charge is 2.15. The van der Waals surface area contributed by atoms with E-state index in [0.717, 1.165) is 11.8 Å². The first kappa shape index (κ1) is 10.3. The SMILES string of the molecule is CCC(SC(=S)S)C(=O)O. The third-order valence-electron chi connectivity index (χ3n) is 0.889. The van der Waals surface area contributed by atoms with Crippen molar-refractivity contribution in [3.8, 4) is 0 Å². The zero-order valence-corrected chi connectivity index (χ0v) is 7.93. The summed E-state index contributed by atoms with van der Waals surface area (Å²) in [5.74, 6) is -0.830. The molecule has 1 unspecified atom stereocenters. The van der Waals surface area contributed by atoms with Crippen LogP contribution in [0.4, 0.5) is 0 Å². The number of aliphatic carboxylic acids is 1. The van der Waals surface area contributed by atoms with E-state index in [1.807, 2.05) is 0 Å². The minimum absolute atomic E-state index is 0.384. The number of carboxylic acid groups (broad SMARTS) is 1. The van der Waals surface area contributed by atoms with Crippen molar-refractivity contribution >= 4 is 46.1 Å². The van der Waals surface area contributed by atoms with E-state index in [-0.39, 0.29) is 0 Å². The van der Waals surface area contributed by atoms with Crippen LogP contribution in [-0.4, -0.2) is 19.9 Å². The second kappa shape index (κ2) is 4.98. The molecule has 58 valence electrons. The quantitative estimate of drug-likeness (QED) is 0.533. The highest BCUT2D eigenvalue weighted by Crippen LogP contribution is 2.18. The van der Waals surface area contributed by atoms with Gasteiger partial charge in [-0.3, -0.25) is 4.79 Å². The Kier molecular flexibility index (Phi) is 5.11. The fourth-order valence-corrected chi connectivity index (χ4v) is 1.67. The monoisotopic (exact) mass is 196 g/mol. The van der Waals surface area contributed by atoms with Crippen LogP contribution in [0.15, 0.2) is 0 Å². The summed E-state index contributed by atoms with van der Waals surface area (Å²) >= 11 is 9.54. The number of thiol groups is 1. The molecule has 1 atom stereocenters. The molecule has 0 aromatic carbocycles. The molecule has 0 amide bonds. The van der Waals surface area contributed by atoms with E-state index < -0.39 is 11.2 Å². The van der Waals surface area contributed by atoms with Crippen molar-refractivity contribution in [2.75, 3.05) is 0 Å². The minimum Gasteiger partial charge on any atom is -0.480 e. The molecular formula is C5H8O2S3. The first-order chi connectivity index (χ1) is 4.57. The van der Waals surface area contributed by atoms with Crippen LogP contribution in [0, 0.1) is 0 Å². The molecule has 0 aliphatic carbocycles. The van der Waals surface area contributed by atoms with Gasteiger partial charge in [-0.15, -0.1) is 12.6 Å². The summed E-state index contributed by atoms with van der Waals surface area (Å²) in [6, 6.07) is 0. The fourth-order valence-electron chi connectivity index (χ4n) is 0.430. The Labute approximate surface area is 74.8 Å². The van der Waals surface area contributed by atoms with Gasteiger partial charge in [0.15, 0.2) is 0 Å². The number of carbonyl (C=O) groups is 1. The molecule has 0 fully saturated rings. The third-order valence-corrected chi connectivity index (χ3v) is 2.52. The van der Waals surface area contributed by atoms with Crippen LogP contribution in [0.25, 0.3) is 0 Å². The molecule has 0 aliphatic heterocycles. The minimum atomic E-state index is -0.830. The molecule has 0 saturated heterocycles. The van der Waals surface area contributed by atoms with Gasteiger partial charge in [0.1, 0.15) is 8.78 Å². The molecule has 1 N–H and O–H groups in total. The number of hydrogen-bond donors (Lipinski definition) is 2. The van der Waals surface area contributed by atoms with Crippen LogP contribution in [0.5, 0.6) is 0 Å². The smallest absolute Gasteiger partial charge is 0.317 e. The molecule has 10 heavy (non-hydrogen) atoms. The first-order valence-corrected chi connectivity index (χ1v) is 4.43. The molecule has 0 radical (unpaired) electrons. The van der Waals surface area contributed by atoms with Crippen LogP contribution in [0.3, 0.4) is 0 Å². The number of thiocarbonyl (C=S) groups is 1. The van der Waals surface area contributed by atoms with Crippen molar-refractivity contribution in [2.24, 2.45) is 0 Å². The normalized spacial score (nSPS) is 12.6. The molecule has 0 aliphatic rings. The summed E-state index contributed by atoms with van der Waals surface area (Å²) in [5.41, 5.74) is 0. The van der Waals surface area contributed by atoms with Gasteiger partial charge >= 0.3 is 5.97 Å². The molecule has 0 bridgehead atoms. The van der Waals surface area contributed by atoms with Gasteiger partial charge in [-0.1, -0.05) is 30.9 Å². The van der Waals surface area contributed by atoms with Gasteiger partial charge in [0, 0.05) is 0 Å². The van der Waals surface area contributed by atoms with Gasteiger partial charge in [-0.25, -0.2) is 0 Å². The van der Waals surface area contributed by atoms with E-state index >= 15 is 0 Å². The summed E-state index contributed by atoms with van der Waals surface area (Å²) < 4.78 is 0.384. The summed E-state index contributed by atoms with van der Waals surface area (Å²) in [7, 11) is 0. The Balaban J connectivity index is 3.83. The van der Waals surface area contributed by atoms with Crippen LogP contribution in [0.2, 0.25) is 0 Å². The highest BCUT2D eigenvalue weighted by molar-refractivity contribution is 8.42. The lowest BCUT2D eigenvalue weighted by Gasteiger charge is -2.05. The average Bonchev–Trinajstić information content (AvgIpc) is 1.81. The van der Waals surface area contributed by atoms with Gasteiger partial charge in [-0.2, -0.15) is 0 Å². The summed E-state index contributed by atoms with van der Waals surface area (Å²) in [6.45, 7) is 1.80. The number of rotatable bonds is 3. The van der Waals surface area contributed by atoms with Gasteiger partial charge in [0.25, 0.3) is 0 Å². The third kappa shape index (κ3) is 4.14. The Hall–Kier alpha value is 0.260. The van der Waals surface area contributed by atoms with E-state index in [9.17, 15) is 4.79 Å². The van der Waals surface area contributed by atoms with E-state index in [2.05, 4.69) is 24.8 Å². The van der Waals surface area contributed by atoms with Crippen molar-refractivity contribution in [3.63, 3.8) is 0 Å². The van der Waals surface area contributed by atoms with E-state index in [4.69, 9.17) is 5.11 Å². The van der Waals surface area contributed by atoms with Gasteiger partial charge < -0.3 is 5.11 Å². The molecule has 0 rings (SSSR count). The van der Waals surface area contributed by atoms with Crippen LogP contribution >= 0.6 is 36.6 Å². The zero-order valence-electron chi connectivity index (χ0n) is 5.40. The largest absolute Gasteiger partial charge is 0.480 e. The summed E-state index contributed by atoms with van der Waals surface area (Å²) in [6.07, 6.45) is 0.570. The van der Waals surface area contributed by atoms with Crippen molar-refractivity contribution < 1.29 is 9.90 Å². The predicted octanol–water partition coefficient (Wildman–Crippen LogP) is 1.80. The van der Waals surface area contributed by atoms with Gasteiger partial charge in [0.05, 0.1) is 0 Å². The lowest BCUT2D eigenvalue weighted by Crippen LogP contribution is -2.15. The molecule has 0 saturated carbocycles. The Bertz CT molecular complexity index is 146. The standard InChI is InChI=1S/C5H8O2S3/c1-2-3(4(6)7)10-5(8)9/h3H,2H2,1H3,(H,6,7)(H,8,9). The van der Waals surface area contributed by atoms with Crippen molar-refractivity contribution in [3.05, 3.63) is 0 Å². The van der Waals surface area contributed by atoms with Crippen LogP contribution in [0.1, 0.15) is 13.3 Å². The second-order valence-corrected chi connectivity index (χ2v) is 4.55. The predicted molar refractivity (Wildman–Crippen MR) is 50.9 cm³/mol. The molecule has 5 heteroatoms. The molecule has 0 spiro atoms. The van der Waals surface area contributed by atoms with Crippen LogP contribution < -0.4 is 0 Å². The number of thioether (sulfide) groups is 1. The Morgan fingerprint density at radius 2 is 2.40 bits per heavy atom. The zero-order chi connectivity index (χ0) is 8.15. The first-order valence-electron chi connectivity index (χ1n) is 2.70. The van der Waals surface area contributed by atoms with Crippen molar-refractivity contribution in [2.45, 2.75) is 18.6 Å². The lowest BCUT2D eigenvalue weighted by molar-refractivity contribution is -0.136. The molecule has 0 aromatic heterocycles. The maximum absolute atomic E-state index is 10.4. The topological polar surface area (TPSA) is 37.3 Å². The van der Waals surface area contributed by atoms with Gasteiger partial charge in [0.2, 0.25) is 0 Å². The Morgan fingerprint density at radius 3 is 2.50 bits per heavy atom. The number of carboxylic acids is 1. The van der Waals surface area contributed by atoms with Crippen molar-refractivity contribution in [1.82, 2.24) is 0 Å². The highest BCUT2D eigenvalue weighted by atomic mass is 32.2. The van der Waals surface area contributed by atoms with Crippen LogP contribution in [-0.2, 0) is 4.79 Å². The van der Waals surface area contributed by atoms with E-state index in [0.29, 0.717) is 9.95 Å². The lowest BCUT2D eigenvalue weighted by atomic mass is 10.3. The second-order valence-electron chi connectivity index (χ2n) is 1.62. The number of hydrogen-bond acceptors (Lipinski definition) is 3. The average molecular weight is 196 g/mol. The summed E-state index contributed by atoms with van der Waals surface area (Å²) in [4.78, 5) is 10.4. The molecular weight excluding hydrogens is 188 g/mol. The molecule has 2 nitrogen and oxygen atoms in total. The van der Waals surface area contributed by atoms with E-state index in [1.165, 1.54) is 0 Å². The Morgan fingerprint density at radius 1 is 1.90 bits per heavy atom. The maximum Gasteiger partial charge on any atom is 0.317 e. The maximum atomic E-state index is 10.4. The fraction of sp³-hybridized carbons (Fsp3) is 0.600. The van der Waals surface area contributed by atoms with E-state index in [1.54, 1.807) is 6.92 Å². The molecule has 0 heterocycles.